The molecule has 0 heterocycles. The Morgan fingerprint density at radius 1 is 1.45 bits per heavy atom. The molecule has 0 aliphatic rings. The second-order valence-corrected chi connectivity index (χ2v) is 3.71. The zero-order valence-corrected chi connectivity index (χ0v) is 8.10. The minimum Gasteiger partial charge on any atom is -0.390 e. The van der Waals surface area contributed by atoms with E-state index in [1.54, 1.807) is 5.01 Å². The maximum absolute atomic E-state index is 5.48. The number of hydrogen-bond acceptors (Lipinski definition) is 3. The normalized spacial score (nSPS) is 13.1. The van der Waals surface area contributed by atoms with Gasteiger partial charge in [-0.3, -0.25) is 0 Å². The Kier molecular flexibility index (Phi) is 3.39. The zero-order chi connectivity index (χ0) is 9.07. The van der Waals surface area contributed by atoms with E-state index in [-0.39, 0.29) is 5.41 Å². The minimum atomic E-state index is 0.127. The number of allylic oxidation sites excluding steroid dienone is 1. The molecule has 11 heavy (non-hydrogen) atoms. The number of hydrogen-bond donors (Lipinski definition) is 2. The highest BCUT2D eigenvalue weighted by molar-refractivity contribution is 5.06. The van der Waals surface area contributed by atoms with E-state index in [9.17, 15) is 0 Å². The van der Waals surface area contributed by atoms with E-state index in [4.69, 9.17) is 5.84 Å². The Balaban J connectivity index is 4.41. The topological polar surface area (TPSA) is 41.3 Å². The summed E-state index contributed by atoms with van der Waals surface area (Å²) in [6, 6.07) is 0. The van der Waals surface area contributed by atoms with Crippen molar-refractivity contribution in [3.8, 4) is 0 Å². The Morgan fingerprint density at radius 3 is 2.00 bits per heavy atom. The first kappa shape index (κ1) is 10.3. The van der Waals surface area contributed by atoms with Crippen molar-refractivity contribution in [3.63, 3.8) is 0 Å². The van der Waals surface area contributed by atoms with Gasteiger partial charge in [-0.2, -0.15) is 0 Å². The first-order valence-electron chi connectivity index (χ1n) is 3.75. The molecule has 0 spiro atoms. The molecule has 3 heteroatoms. The Labute approximate surface area is 69.2 Å². The monoisotopic (exact) mass is 157 g/mol. The molecule has 0 radical (unpaired) electrons. The maximum Gasteiger partial charge on any atom is 0.0347 e. The lowest BCUT2D eigenvalue weighted by atomic mass is 9.92. The van der Waals surface area contributed by atoms with Crippen molar-refractivity contribution in [3.05, 3.63) is 11.9 Å². The van der Waals surface area contributed by atoms with Crippen LogP contribution < -0.4 is 11.2 Å². The van der Waals surface area contributed by atoms with Gasteiger partial charge in [0.05, 0.1) is 0 Å². The molecule has 0 aromatic carbocycles. The number of rotatable bonds is 2. The van der Waals surface area contributed by atoms with Crippen LogP contribution in [0.2, 0.25) is 0 Å². The zero-order valence-electron chi connectivity index (χ0n) is 8.10. The molecule has 0 saturated carbocycles. The quantitative estimate of drug-likeness (QED) is 0.462. The van der Waals surface area contributed by atoms with Gasteiger partial charge in [0.2, 0.25) is 0 Å². The van der Waals surface area contributed by atoms with E-state index in [0.29, 0.717) is 0 Å². The van der Waals surface area contributed by atoms with Gasteiger partial charge in [-0.05, 0) is 0 Å². The van der Waals surface area contributed by atoms with Gasteiger partial charge in [0.1, 0.15) is 0 Å². The Morgan fingerprint density at radius 2 is 1.91 bits per heavy atom. The molecule has 0 aliphatic carbocycles. The summed E-state index contributed by atoms with van der Waals surface area (Å²) in [5, 5.41) is 4.67. The summed E-state index contributed by atoms with van der Waals surface area (Å²) >= 11 is 0. The molecule has 0 fully saturated rings. The molecule has 0 amide bonds. The van der Waals surface area contributed by atoms with Gasteiger partial charge in [-0.1, -0.05) is 20.8 Å². The third-order valence-corrected chi connectivity index (χ3v) is 1.41. The lowest BCUT2D eigenvalue weighted by Crippen LogP contribution is -2.27. The lowest BCUT2D eigenvalue weighted by Gasteiger charge is -2.24. The standard InChI is InChI=1S/C8H19N3/c1-8(2,3)7(10-4)6-11(5)9/h6,10H,9H2,1-5H3/b7-6-. The molecular weight excluding hydrogens is 138 g/mol. The van der Waals surface area contributed by atoms with E-state index in [0.717, 1.165) is 5.70 Å². The third-order valence-electron chi connectivity index (χ3n) is 1.41. The average molecular weight is 157 g/mol. The van der Waals surface area contributed by atoms with Crippen LogP contribution in [0.1, 0.15) is 20.8 Å². The van der Waals surface area contributed by atoms with Gasteiger partial charge < -0.3 is 10.3 Å². The average Bonchev–Trinajstić information content (AvgIpc) is 1.79. The van der Waals surface area contributed by atoms with Crippen molar-refractivity contribution in [2.45, 2.75) is 20.8 Å². The smallest absolute Gasteiger partial charge is 0.0347 e. The molecular formula is C8H19N3. The SMILES string of the molecule is CN/C(=C\N(C)N)C(C)(C)C. The summed E-state index contributed by atoms with van der Waals surface area (Å²) in [5.41, 5.74) is 1.25. The van der Waals surface area contributed by atoms with Crippen molar-refractivity contribution in [2.75, 3.05) is 14.1 Å². The van der Waals surface area contributed by atoms with Gasteiger partial charge in [-0.15, -0.1) is 0 Å². The number of nitrogens with zero attached hydrogens (tertiary/aromatic N) is 1. The van der Waals surface area contributed by atoms with Crippen LogP contribution in [-0.4, -0.2) is 19.1 Å². The van der Waals surface area contributed by atoms with Crippen molar-refractivity contribution in [1.29, 1.82) is 0 Å². The molecule has 3 nitrogen and oxygen atoms in total. The summed E-state index contributed by atoms with van der Waals surface area (Å²) < 4.78 is 0. The Bertz CT molecular complexity index is 142. The number of hydrazine groups is 1. The van der Waals surface area contributed by atoms with E-state index in [2.05, 4.69) is 26.1 Å². The van der Waals surface area contributed by atoms with Crippen LogP contribution in [0.25, 0.3) is 0 Å². The second kappa shape index (κ2) is 3.62. The maximum atomic E-state index is 5.48. The number of nitrogens with two attached hydrogens (primary N) is 1. The van der Waals surface area contributed by atoms with Gasteiger partial charge in [0.15, 0.2) is 0 Å². The first-order chi connectivity index (χ1) is 4.88. The highest BCUT2D eigenvalue weighted by atomic mass is 15.4. The Hall–Kier alpha value is -0.700. The van der Waals surface area contributed by atoms with Crippen molar-refractivity contribution in [1.82, 2.24) is 10.3 Å². The third kappa shape index (κ3) is 3.88. The van der Waals surface area contributed by atoms with Crippen LogP contribution in [0, 0.1) is 5.41 Å². The van der Waals surface area contributed by atoms with Gasteiger partial charge in [0, 0.05) is 31.4 Å². The minimum absolute atomic E-state index is 0.127. The summed E-state index contributed by atoms with van der Waals surface area (Å²) in [6.07, 6.45) is 1.89. The van der Waals surface area contributed by atoms with Crippen LogP contribution >= 0.6 is 0 Å². The summed E-state index contributed by atoms with van der Waals surface area (Å²) in [4.78, 5) is 0. The van der Waals surface area contributed by atoms with Crippen LogP contribution in [0.5, 0.6) is 0 Å². The van der Waals surface area contributed by atoms with Gasteiger partial charge in [-0.25, -0.2) is 5.84 Å². The van der Waals surface area contributed by atoms with Crippen LogP contribution in [0.15, 0.2) is 11.9 Å². The molecule has 0 aromatic heterocycles. The van der Waals surface area contributed by atoms with Crippen LogP contribution in [0.4, 0.5) is 0 Å². The van der Waals surface area contributed by atoms with Crippen LogP contribution in [0.3, 0.4) is 0 Å². The second-order valence-electron chi connectivity index (χ2n) is 3.71. The predicted octanol–water partition coefficient (Wildman–Crippen LogP) is 0.899. The number of nitrogens with one attached hydrogen (secondary N) is 1. The molecule has 0 bridgehead atoms. The fourth-order valence-corrected chi connectivity index (χ4v) is 0.837. The highest BCUT2D eigenvalue weighted by Gasteiger charge is 2.15. The molecule has 0 rings (SSSR count). The van der Waals surface area contributed by atoms with Crippen molar-refractivity contribution in [2.24, 2.45) is 11.3 Å². The highest BCUT2D eigenvalue weighted by Crippen LogP contribution is 2.21. The predicted molar refractivity (Wildman–Crippen MR) is 48.5 cm³/mol. The van der Waals surface area contributed by atoms with Crippen molar-refractivity contribution >= 4 is 0 Å². The molecule has 0 atom stereocenters. The fraction of sp³-hybridized carbons (Fsp3) is 0.750. The first-order valence-corrected chi connectivity index (χ1v) is 3.75. The van der Waals surface area contributed by atoms with Crippen molar-refractivity contribution < 1.29 is 0 Å². The molecule has 0 aromatic rings. The largest absolute Gasteiger partial charge is 0.390 e. The summed E-state index contributed by atoms with van der Waals surface area (Å²) in [7, 11) is 3.71. The fourth-order valence-electron chi connectivity index (χ4n) is 0.837. The molecule has 3 N–H and O–H groups in total. The molecule has 66 valence electrons. The van der Waals surface area contributed by atoms with Gasteiger partial charge in [0.25, 0.3) is 0 Å². The van der Waals surface area contributed by atoms with E-state index < -0.39 is 0 Å². The van der Waals surface area contributed by atoms with Crippen LogP contribution in [-0.2, 0) is 0 Å². The molecule has 0 saturated heterocycles. The summed E-state index contributed by atoms with van der Waals surface area (Å²) in [5.74, 6) is 5.48. The lowest BCUT2D eigenvalue weighted by molar-refractivity contribution is 0.422. The molecule has 0 aliphatic heterocycles. The van der Waals surface area contributed by atoms with E-state index in [1.165, 1.54) is 0 Å². The van der Waals surface area contributed by atoms with E-state index in [1.807, 2.05) is 20.3 Å². The summed E-state index contributed by atoms with van der Waals surface area (Å²) in [6.45, 7) is 6.41. The molecule has 0 unspecified atom stereocenters. The van der Waals surface area contributed by atoms with E-state index >= 15 is 0 Å². The van der Waals surface area contributed by atoms with Gasteiger partial charge >= 0.3 is 0 Å².